The SMILES string of the molecule is CC(C)(C)OC(=O)N1CCN(n2c(CCN)nc3c(Cl)ccc(Cl)c3c2=O)CC1. The van der Waals surface area contributed by atoms with Crippen LogP contribution in [0.4, 0.5) is 4.79 Å². The van der Waals surface area contributed by atoms with Crippen molar-refractivity contribution in [3.05, 3.63) is 38.4 Å². The van der Waals surface area contributed by atoms with E-state index in [9.17, 15) is 9.59 Å². The summed E-state index contributed by atoms with van der Waals surface area (Å²) in [7, 11) is 0. The van der Waals surface area contributed by atoms with Gasteiger partial charge in [0, 0.05) is 19.5 Å². The Kier molecular flexibility index (Phi) is 6.26. The number of benzene rings is 1. The van der Waals surface area contributed by atoms with Crippen LogP contribution in [0.3, 0.4) is 0 Å². The molecular formula is C19H25Cl2N5O3. The molecule has 2 aromatic rings. The first-order valence-corrected chi connectivity index (χ1v) is 10.2. The molecule has 1 saturated heterocycles. The van der Waals surface area contributed by atoms with Crippen molar-refractivity contribution in [1.29, 1.82) is 0 Å². The Hall–Kier alpha value is -2.03. The molecule has 0 unspecified atom stereocenters. The van der Waals surface area contributed by atoms with Crippen LogP contribution in [0.25, 0.3) is 10.9 Å². The molecule has 1 aromatic carbocycles. The van der Waals surface area contributed by atoms with Gasteiger partial charge in [-0.3, -0.25) is 4.79 Å². The number of hydrogen-bond donors (Lipinski definition) is 1. The molecular weight excluding hydrogens is 417 g/mol. The van der Waals surface area contributed by atoms with Gasteiger partial charge in [-0.25, -0.2) is 14.5 Å². The van der Waals surface area contributed by atoms with Gasteiger partial charge < -0.3 is 20.4 Å². The zero-order chi connectivity index (χ0) is 21.3. The standard InChI is InChI=1S/C19H25Cl2N5O3/c1-19(2,3)29-18(28)24-8-10-25(11-9-24)26-14(6-7-22)23-16-13(21)5-4-12(20)15(16)17(26)27/h4-5H,6-11,22H2,1-3H3. The fraction of sp³-hybridized carbons (Fsp3) is 0.526. The summed E-state index contributed by atoms with van der Waals surface area (Å²) in [6, 6.07) is 3.21. The first-order valence-electron chi connectivity index (χ1n) is 9.45. The topological polar surface area (TPSA) is 93.7 Å². The first-order chi connectivity index (χ1) is 13.6. The predicted molar refractivity (Wildman–Crippen MR) is 115 cm³/mol. The molecule has 10 heteroatoms. The number of amides is 1. The van der Waals surface area contributed by atoms with Gasteiger partial charge in [-0.2, -0.15) is 0 Å². The first kappa shape index (κ1) is 21.7. The smallest absolute Gasteiger partial charge is 0.410 e. The maximum Gasteiger partial charge on any atom is 0.410 e. The zero-order valence-electron chi connectivity index (χ0n) is 16.7. The van der Waals surface area contributed by atoms with E-state index in [0.29, 0.717) is 60.5 Å². The van der Waals surface area contributed by atoms with E-state index < -0.39 is 5.60 Å². The molecule has 8 nitrogen and oxygen atoms in total. The fourth-order valence-electron chi connectivity index (χ4n) is 3.24. The van der Waals surface area contributed by atoms with Gasteiger partial charge in [0.25, 0.3) is 5.56 Å². The Morgan fingerprint density at radius 1 is 1.17 bits per heavy atom. The summed E-state index contributed by atoms with van der Waals surface area (Å²) < 4.78 is 6.95. The Labute approximate surface area is 179 Å². The molecule has 2 N–H and O–H groups in total. The van der Waals surface area contributed by atoms with Crippen molar-refractivity contribution in [2.75, 3.05) is 37.7 Å². The molecule has 0 aliphatic carbocycles. The lowest BCUT2D eigenvalue weighted by atomic mass is 10.2. The van der Waals surface area contributed by atoms with Gasteiger partial charge >= 0.3 is 6.09 Å². The van der Waals surface area contributed by atoms with Crippen LogP contribution in [0.15, 0.2) is 16.9 Å². The highest BCUT2D eigenvalue weighted by Gasteiger charge is 2.28. The Morgan fingerprint density at radius 2 is 1.79 bits per heavy atom. The number of hydrogen-bond acceptors (Lipinski definition) is 6. The Morgan fingerprint density at radius 3 is 2.38 bits per heavy atom. The number of nitrogens with two attached hydrogens (primary N) is 1. The van der Waals surface area contributed by atoms with Gasteiger partial charge in [0.1, 0.15) is 11.4 Å². The van der Waals surface area contributed by atoms with E-state index >= 15 is 0 Å². The number of carbonyl (C=O) groups is 1. The number of carbonyl (C=O) groups excluding carboxylic acids is 1. The average Bonchev–Trinajstić information content (AvgIpc) is 2.64. The minimum Gasteiger partial charge on any atom is -0.444 e. The van der Waals surface area contributed by atoms with E-state index in [0.717, 1.165) is 0 Å². The van der Waals surface area contributed by atoms with Gasteiger partial charge in [0.15, 0.2) is 0 Å². The minimum atomic E-state index is -0.558. The third-order valence-corrected chi connectivity index (χ3v) is 5.15. The highest BCUT2D eigenvalue weighted by molar-refractivity contribution is 6.39. The molecule has 3 rings (SSSR count). The number of fused-ring (bicyclic) bond motifs is 1. The van der Waals surface area contributed by atoms with Gasteiger partial charge in [-0.15, -0.1) is 0 Å². The number of ether oxygens (including phenoxy) is 1. The normalized spacial score (nSPS) is 15.1. The van der Waals surface area contributed by atoms with E-state index in [4.69, 9.17) is 33.7 Å². The predicted octanol–water partition coefficient (Wildman–Crippen LogP) is 2.39. The lowest BCUT2D eigenvalue weighted by Crippen LogP contribution is -2.56. The van der Waals surface area contributed by atoms with Crippen molar-refractivity contribution in [2.45, 2.75) is 32.8 Å². The number of rotatable bonds is 3. The van der Waals surface area contributed by atoms with Crippen LogP contribution in [0, 0.1) is 0 Å². The van der Waals surface area contributed by atoms with Crippen molar-refractivity contribution in [3.63, 3.8) is 0 Å². The van der Waals surface area contributed by atoms with E-state index in [1.807, 2.05) is 25.8 Å². The molecule has 1 aromatic heterocycles. The van der Waals surface area contributed by atoms with Crippen molar-refractivity contribution in [3.8, 4) is 0 Å². The fourth-order valence-corrected chi connectivity index (χ4v) is 3.67. The lowest BCUT2D eigenvalue weighted by molar-refractivity contribution is 0.0231. The van der Waals surface area contributed by atoms with Crippen LogP contribution in [0.2, 0.25) is 10.0 Å². The average molecular weight is 442 g/mol. The van der Waals surface area contributed by atoms with Gasteiger partial charge in [-0.1, -0.05) is 23.2 Å². The molecule has 2 heterocycles. The lowest BCUT2D eigenvalue weighted by Gasteiger charge is -2.37. The maximum atomic E-state index is 13.3. The molecule has 1 aliphatic heterocycles. The molecule has 1 fully saturated rings. The second-order valence-electron chi connectivity index (χ2n) is 7.86. The highest BCUT2D eigenvalue weighted by atomic mass is 35.5. The summed E-state index contributed by atoms with van der Waals surface area (Å²) in [5, 5.41) is 2.79. The summed E-state index contributed by atoms with van der Waals surface area (Å²) in [6.07, 6.45) is 0.0402. The van der Waals surface area contributed by atoms with Crippen LogP contribution in [-0.2, 0) is 11.2 Å². The zero-order valence-corrected chi connectivity index (χ0v) is 18.3. The molecule has 0 spiro atoms. The van der Waals surface area contributed by atoms with Crippen molar-refractivity contribution in [1.82, 2.24) is 14.6 Å². The van der Waals surface area contributed by atoms with Crippen molar-refractivity contribution < 1.29 is 9.53 Å². The summed E-state index contributed by atoms with van der Waals surface area (Å²) >= 11 is 12.5. The number of aromatic nitrogens is 2. The second-order valence-corrected chi connectivity index (χ2v) is 8.67. The highest BCUT2D eigenvalue weighted by Crippen LogP contribution is 2.26. The van der Waals surface area contributed by atoms with Gasteiger partial charge in [0.05, 0.1) is 34.0 Å². The van der Waals surface area contributed by atoms with Crippen molar-refractivity contribution in [2.24, 2.45) is 5.73 Å². The molecule has 1 aliphatic rings. The summed E-state index contributed by atoms with van der Waals surface area (Å²) in [4.78, 5) is 31.8. The van der Waals surface area contributed by atoms with Crippen LogP contribution in [-0.4, -0.2) is 59.0 Å². The van der Waals surface area contributed by atoms with E-state index in [2.05, 4.69) is 4.98 Å². The van der Waals surface area contributed by atoms with Gasteiger partial charge in [-0.05, 0) is 39.4 Å². The minimum absolute atomic E-state index is 0.273. The molecule has 0 radical (unpaired) electrons. The van der Waals surface area contributed by atoms with E-state index in [1.165, 1.54) is 4.68 Å². The van der Waals surface area contributed by atoms with E-state index in [-0.39, 0.29) is 17.0 Å². The number of halogens is 2. The molecule has 0 saturated carbocycles. The largest absolute Gasteiger partial charge is 0.444 e. The summed E-state index contributed by atoms with van der Waals surface area (Å²) in [6.45, 7) is 7.55. The molecule has 29 heavy (non-hydrogen) atoms. The summed E-state index contributed by atoms with van der Waals surface area (Å²) in [5.41, 5.74) is 5.26. The van der Waals surface area contributed by atoms with E-state index in [1.54, 1.807) is 17.0 Å². The molecule has 158 valence electrons. The quantitative estimate of drug-likeness (QED) is 0.785. The third kappa shape index (κ3) is 4.60. The molecule has 1 amide bonds. The number of piperazine rings is 1. The molecule has 0 bridgehead atoms. The van der Waals surface area contributed by atoms with Crippen molar-refractivity contribution >= 4 is 40.2 Å². The van der Waals surface area contributed by atoms with Gasteiger partial charge in [0.2, 0.25) is 0 Å². The number of nitrogens with zero attached hydrogens (tertiary/aromatic N) is 4. The third-order valence-electron chi connectivity index (χ3n) is 4.53. The van der Waals surface area contributed by atoms with Crippen LogP contribution in [0.5, 0.6) is 0 Å². The second kappa shape index (κ2) is 8.38. The van der Waals surface area contributed by atoms with Crippen LogP contribution >= 0.6 is 23.2 Å². The molecule has 0 atom stereocenters. The maximum absolute atomic E-state index is 13.3. The van der Waals surface area contributed by atoms with Crippen LogP contribution in [0.1, 0.15) is 26.6 Å². The Bertz CT molecular complexity index is 978. The monoisotopic (exact) mass is 441 g/mol. The Balaban J connectivity index is 1.93. The summed E-state index contributed by atoms with van der Waals surface area (Å²) in [5.74, 6) is 0.514. The van der Waals surface area contributed by atoms with Crippen LogP contribution < -0.4 is 16.3 Å².